The molecule has 104 valence electrons. The lowest BCUT2D eigenvalue weighted by molar-refractivity contribution is -0.386. The molecule has 0 bridgehead atoms. The van der Waals surface area contributed by atoms with E-state index >= 15 is 0 Å². The summed E-state index contributed by atoms with van der Waals surface area (Å²) in [5.41, 5.74) is 1.50. The van der Waals surface area contributed by atoms with E-state index in [1.165, 1.54) is 6.33 Å². The minimum atomic E-state index is -0.571. The van der Waals surface area contributed by atoms with Gasteiger partial charge in [0.15, 0.2) is 0 Å². The molecule has 1 aromatic carbocycles. The minimum Gasteiger partial charge on any atom is -0.258 e. The molecule has 0 fully saturated rings. The number of nitro groups is 1. The van der Waals surface area contributed by atoms with Crippen molar-refractivity contribution in [1.82, 2.24) is 15.0 Å². The van der Waals surface area contributed by atoms with Crippen LogP contribution in [0.15, 0.2) is 42.7 Å². The molecule has 2 heterocycles. The van der Waals surface area contributed by atoms with Crippen LogP contribution < -0.4 is 0 Å². The molecule has 7 heteroatoms. The van der Waals surface area contributed by atoms with Crippen LogP contribution in [0, 0.1) is 10.1 Å². The van der Waals surface area contributed by atoms with E-state index in [1.54, 1.807) is 0 Å². The fourth-order valence-electron chi connectivity index (χ4n) is 2.08. The second-order valence-corrected chi connectivity index (χ2v) is 4.75. The molecule has 3 rings (SSSR count). The summed E-state index contributed by atoms with van der Waals surface area (Å²) in [5, 5.41) is 11.9. The van der Waals surface area contributed by atoms with Crippen LogP contribution in [0.25, 0.3) is 10.9 Å². The molecule has 0 radical (unpaired) electrons. The zero-order valence-corrected chi connectivity index (χ0v) is 11.5. The predicted octanol–water partition coefficient (Wildman–Crippen LogP) is 3.18. The van der Waals surface area contributed by atoms with Crippen molar-refractivity contribution in [3.63, 3.8) is 0 Å². The normalized spacial score (nSPS) is 10.7. The number of para-hydroxylation sites is 1. The standard InChI is InChI=1S/C14H9ClN4O2/c15-14-13(19(20)21)12(16-8-17-14)7-10-6-5-9-3-1-2-4-11(9)18-10/h1-6,8H,7H2. The number of fused-ring (bicyclic) bond motifs is 1. The number of halogens is 1. The molecular weight excluding hydrogens is 292 g/mol. The number of rotatable bonds is 3. The third-order valence-electron chi connectivity index (χ3n) is 3.04. The lowest BCUT2D eigenvalue weighted by atomic mass is 10.1. The predicted molar refractivity (Wildman–Crippen MR) is 78.2 cm³/mol. The zero-order valence-electron chi connectivity index (χ0n) is 10.7. The van der Waals surface area contributed by atoms with Crippen LogP contribution in [-0.4, -0.2) is 19.9 Å². The SMILES string of the molecule is O=[N+]([O-])c1c(Cl)ncnc1Cc1ccc2ccccc2n1. The average molecular weight is 301 g/mol. The average Bonchev–Trinajstić information content (AvgIpc) is 2.47. The number of hydrogen-bond donors (Lipinski definition) is 0. The fourth-order valence-corrected chi connectivity index (χ4v) is 2.30. The van der Waals surface area contributed by atoms with Gasteiger partial charge in [0.1, 0.15) is 12.0 Å². The Balaban J connectivity index is 2.02. The van der Waals surface area contributed by atoms with Gasteiger partial charge in [-0.15, -0.1) is 0 Å². The molecular formula is C14H9ClN4O2. The highest BCUT2D eigenvalue weighted by Crippen LogP contribution is 2.26. The monoisotopic (exact) mass is 300 g/mol. The van der Waals surface area contributed by atoms with Crippen molar-refractivity contribution >= 4 is 28.2 Å². The first-order valence-electron chi connectivity index (χ1n) is 6.13. The van der Waals surface area contributed by atoms with Gasteiger partial charge in [0, 0.05) is 17.5 Å². The molecule has 6 nitrogen and oxygen atoms in total. The maximum atomic E-state index is 11.1. The van der Waals surface area contributed by atoms with E-state index < -0.39 is 4.92 Å². The van der Waals surface area contributed by atoms with Gasteiger partial charge in [-0.3, -0.25) is 15.1 Å². The Morgan fingerprint density at radius 2 is 1.95 bits per heavy atom. The van der Waals surface area contributed by atoms with Crippen LogP contribution in [-0.2, 0) is 6.42 Å². The molecule has 0 atom stereocenters. The molecule has 0 saturated heterocycles. The number of nitrogens with zero attached hydrogens (tertiary/aromatic N) is 4. The van der Waals surface area contributed by atoms with Gasteiger partial charge in [0.2, 0.25) is 5.15 Å². The molecule has 0 unspecified atom stereocenters. The maximum Gasteiger partial charge on any atom is 0.328 e. The van der Waals surface area contributed by atoms with Crippen LogP contribution >= 0.6 is 11.6 Å². The topological polar surface area (TPSA) is 81.8 Å². The Morgan fingerprint density at radius 3 is 2.76 bits per heavy atom. The van der Waals surface area contributed by atoms with E-state index in [1.807, 2.05) is 36.4 Å². The van der Waals surface area contributed by atoms with Crippen LogP contribution in [0.5, 0.6) is 0 Å². The summed E-state index contributed by atoms with van der Waals surface area (Å²) in [6.45, 7) is 0. The van der Waals surface area contributed by atoms with Crippen molar-refractivity contribution in [2.24, 2.45) is 0 Å². The number of pyridine rings is 1. The van der Waals surface area contributed by atoms with Crippen molar-refractivity contribution in [1.29, 1.82) is 0 Å². The molecule has 0 amide bonds. The smallest absolute Gasteiger partial charge is 0.258 e. The molecule has 0 aliphatic heterocycles. The Bertz CT molecular complexity index is 838. The highest BCUT2D eigenvalue weighted by Gasteiger charge is 2.21. The molecule has 0 aliphatic carbocycles. The maximum absolute atomic E-state index is 11.1. The van der Waals surface area contributed by atoms with Crippen molar-refractivity contribution in [2.75, 3.05) is 0 Å². The largest absolute Gasteiger partial charge is 0.328 e. The van der Waals surface area contributed by atoms with E-state index in [-0.39, 0.29) is 23.0 Å². The zero-order chi connectivity index (χ0) is 14.8. The Morgan fingerprint density at radius 1 is 1.14 bits per heavy atom. The van der Waals surface area contributed by atoms with Gasteiger partial charge in [-0.25, -0.2) is 9.97 Å². The second kappa shape index (κ2) is 5.41. The molecule has 0 saturated carbocycles. The second-order valence-electron chi connectivity index (χ2n) is 4.39. The number of hydrogen-bond acceptors (Lipinski definition) is 5. The summed E-state index contributed by atoms with van der Waals surface area (Å²) >= 11 is 5.77. The quantitative estimate of drug-likeness (QED) is 0.421. The summed E-state index contributed by atoms with van der Waals surface area (Å²) in [7, 11) is 0. The third kappa shape index (κ3) is 2.66. The number of benzene rings is 1. The van der Waals surface area contributed by atoms with Crippen molar-refractivity contribution in [2.45, 2.75) is 6.42 Å². The lowest BCUT2D eigenvalue weighted by Gasteiger charge is -2.04. The summed E-state index contributed by atoms with van der Waals surface area (Å²) in [4.78, 5) is 22.6. The lowest BCUT2D eigenvalue weighted by Crippen LogP contribution is -2.03. The molecule has 3 aromatic rings. The Kier molecular flexibility index (Phi) is 3.45. The van der Waals surface area contributed by atoms with Gasteiger partial charge in [-0.1, -0.05) is 35.9 Å². The van der Waals surface area contributed by atoms with E-state index in [0.717, 1.165) is 10.9 Å². The summed E-state index contributed by atoms with van der Waals surface area (Å²) in [6, 6.07) is 11.4. The van der Waals surface area contributed by atoms with E-state index in [0.29, 0.717) is 5.69 Å². The van der Waals surface area contributed by atoms with Gasteiger partial charge < -0.3 is 0 Å². The van der Waals surface area contributed by atoms with E-state index in [2.05, 4.69) is 15.0 Å². The highest BCUT2D eigenvalue weighted by atomic mass is 35.5. The summed E-state index contributed by atoms with van der Waals surface area (Å²) < 4.78 is 0. The van der Waals surface area contributed by atoms with Gasteiger partial charge >= 0.3 is 5.69 Å². The third-order valence-corrected chi connectivity index (χ3v) is 3.32. The van der Waals surface area contributed by atoms with Gasteiger partial charge in [0.25, 0.3) is 0 Å². The molecule has 21 heavy (non-hydrogen) atoms. The number of aromatic nitrogens is 3. The molecule has 2 aromatic heterocycles. The van der Waals surface area contributed by atoms with Crippen LogP contribution in [0.3, 0.4) is 0 Å². The molecule has 0 N–H and O–H groups in total. The molecule has 0 aliphatic rings. The Labute approximate surface area is 124 Å². The van der Waals surface area contributed by atoms with Gasteiger partial charge in [-0.05, 0) is 12.1 Å². The highest BCUT2D eigenvalue weighted by molar-refractivity contribution is 6.31. The van der Waals surface area contributed by atoms with Crippen LogP contribution in [0.4, 0.5) is 5.69 Å². The first kappa shape index (κ1) is 13.4. The first-order chi connectivity index (χ1) is 10.1. The van der Waals surface area contributed by atoms with E-state index in [4.69, 9.17) is 11.6 Å². The minimum absolute atomic E-state index is 0.161. The summed E-state index contributed by atoms with van der Waals surface area (Å²) in [6.07, 6.45) is 1.44. The Hall–Kier alpha value is -2.60. The van der Waals surface area contributed by atoms with Crippen molar-refractivity contribution in [3.05, 3.63) is 69.4 Å². The van der Waals surface area contributed by atoms with Gasteiger partial charge in [0.05, 0.1) is 10.4 Å². The van der Waals surface area contributed by atoms with Crippen LogP contribution in [0.2, 0.25) is 5.15 Å². The van der Waals surface area contributed by atoms with Crippen molar-refractivity contribution < 1.29 is 4.92 Å². The summed E-state index contributed by atoms with van der Waals surface area (Å²) in [5.74, 6) is 0. The van der Waals surface area contributed by atoms with E-state index in [9.17, 15) is 10.1 Å². The van der Waals surface area contributed by atoms with Crippen molar-refractivity contribution in [3.8, 4) is 0 Å². The van der Waals surface area contributed by atoms with Crippen LogP contribution in [0.1, 0.15) is 11.4 Å². The molecule has 0 spiro atoms. The fraction of sp³-hybridized carbons (Fsp3) is 0.0714. The first-order valence-corrected chi connectivity index (χ1v) is 6.51. The van der Waals surface area contributed by atoms with Gasteiger partial charge in [-0.2, -0.15) is 0 Å².